The normalized spacial score (nSPS) is 21.0. The van der Waals surface area contributed by atoms with Crippen molar-refractivity contribution < 1.29 is 9.90 Å². The molecule has 3 heteroatoms. The fourth-order valence-electron chi connectivity index (χ4n) is 1.70. The summed E-state index contributed by atoms with van der Waals surface area (Å²) in [5.41, 5.74) is 0. The van der Waals surface area contributed by atoms with E-state index in [9.17, 15) is 4.79 Å². The second kappa shape index (κ2) is 3.57. The Balaban J connectivity index is 2.61. The highest BCUT2D eigenvalue weighted by molar-refractivity contribution is 5.73. The lowest BCUT2D eigenvalue weighted by atomic mass is 9.87. The van der Waals surface area contributed by atoms with Gasteiger partial charge in [-0.3, -0.25) is 4.79 Å². The van der Waals surface area contributed by atoms with E-state index in [1.807, 2.05) is 13.0 Å². The molecule has 1 aliphatic rings. The first kappa shape index (κ1) is 9.05. The number of rotatable bonds is 4. The molecule has 0 amide bonds. The van der Waals surface area contributed by atoms with Gasteiger partial charge in [0.15, 0.2) is 0 Å². The molecular formula is C9H13NO2. The zero-order valence-corrected chi connectivity index (χ0v) is 7.16. The number of hydrogen-bond donors (Lipinski definition) is 1. The van der Waals surface area contributed by atoms with Gasteiger partial charge in [-0.25, -0.2) is 0 Å². The molecule has 1 aliphatic carbocycles. The molecule has 0 aromatic rings. The first-order chi connectivity index (χ1) is 5.70. The maximum absolute atomic E-state index is 10.6. The van der Waals surface area contributed by atoms with Gasteiger partial charge in [-0.1, -0.05) is 13.3 Å². The van der Waals surface area contributed by atoms with Crippen LogP contribution in [0.4, 0.5) is 0 Å². The summed E-state index contributed by atoms with van der Waals surface area (Å²) in [5, 5.41) is 17.4. The van der Waals surface area contributed by atoms with Crippen LogP contribution in [0.15, 0.2) is 0 Å². The maximum Gasteiger partial charge on any atom is 0.321 e. The standard InChI is InChI=1S/C9H13NO2/c1-2-7(6-3-4-6)8(5-10)9(11)12/h6-8H,2-4H2,1H3,(H,11,12). The van der Waals surface area contributed by atoms with E-state index in [0.29, 0.717) is 5.92 Å². The fraction of sp³-hybridized carbons (Fsp3) is 0.778. The van der Waals surface area contributed by atoms with Crippen molar-refractivity contribution in [3.8, 4) is 6.07 Å². The van der Waals surface area contributed by atoms with Crippen molar-refractivity contribution in [2.24, 2.45) is 17.8 Å². The largest absolute Gasteiger partial charge is 0.480 e. The Morgan fingerprint density at radius 1 is 1.75 bits per heavy atom. The molecule has 1 rings (SSSR count). The van der Waals surface area contributed by atoms with Crippen molar-refractivity contribution in [2.75, 3.05) is 0 Å². The van der Waals surface area contributed by atoms with E-state index >= 15 is 0 Å². The first-order valence-corrected chi connectivity index (χ1v) is 4.33. The zero-order valence-electron chi connectivity index (χ0n) is 7.16. The minimum absolute atomic E-state index is 0.0764. The van der Waals surface area contributed by atoms with Crippen LogP contribution in [0.25, 0.3) is 0 Å². The number of aliphatic carboxylic acids is 1. The van der Waals surface area contributed by atoms with E-state index in [-0.39, 0.29) is 5.92 Å². The average Bonchev–Trinajstić information content (AvgIpc) is 2.81. The zero-order chi connectivity index (χ0) is 9.14. The highest BCUT2D eigenvalue weighted by Crippen LogP contribution is 2.42. The summed E-state index contributed by atoms with van der Waals surface area (Å²) >= 11 is 0. The third-order valence-corrected chi connectivity index (χ3v) is 2.53. The summed E-state index contributed by atoms with van der Waals surface area (Å²) < 4.78 is 0. The summed E-state index contributed by atoms with van der Waals surface area (Å²) in [5.74, 6) is -1.18. The number of nitriles is 1. The van der Waals surface area contributed by atoms with Crippen LogP contribution in [-0.2, 0) is 4.79 Å². The molecule has 0 aliphatic heterocycles. The van der Waals surface area contributed by atoms with Crippen LogP contribution >= 0.6 is 0 Å². The Labute approximate surface area is 72.0 Å². The van der Waals surface area contributed by atoms with Crippen molar-refractivity contribution in [2.45, 2.75) is 26.2 Å². The van der Waals surface area contributed by atoms with Gasteiger partial charge in [0.05, 0.1) is 6.07 Å². The molecule has 0 aromatic heterocycles. The van der Waals surface area contributed by atoms with Crippen LogP contribution < -0.4 is 0 Å². The summed E-state index contributed by atoms with van der Waals surface area (Å²) in [6, 6.07) is 1.87. The lowest BCUT2D eigenvalue weighted by molar-refractivity contribution is -0.141. The Hall–Kier alpha value is -1.04. The summed E-state index contributed by atoms with van der Waals surface area (Å²) in [6.45, 7) is 1.95. The molecule has 0 radical (unpaired) electrons. The third kappa shape index (κ3) is 1.76. The van der Waals surface area contributed by atoms with Crippen LogP contribution in [0, 0.1) is 29.1 Å². The molecule has 2 unspecified atom stereocenters. The SMILES string of the molecule is CCC(C1CC1)C(C#N)C(=O)O. The predicted molar refractivity (Wildman–Crippen MR) is 43.2 cm³/mol. The van der Waals surface area contributed by atoms with Crippen molar-refractivity contribution in [3.05, 3.63) is 0 Å². The van der Waals surface area contributed by atoms with E-state index in [0.717, 1.165) is 19.3 Å². The van der Waals surface area contributed by atoms with Gasteiger partial charge in [0.25, 0.3) is 0 Å². The van der Waals surface area contributed by atoms with Gasteiger partial charge >= 0.3 is 5.97 Å². The van der Waals surface area contributed by atoms with Gasteiger partial charge < -0.3 is 5.11 Å². The second-order valence-corrected chi connectivity index (χ2v) is 3.35. The monoisotopic (exact) mass is 167 g/mol. The number of carboxylic acid groups (broad SMARTS) is 1. The number of carbonyl (C=O) groups is 1. The Morgan fingerprint density at radius 3 is 2.58 bits per heavy atom. The average molecular weight is 167 g/mol. The van der Waals surface area contributed by atoms with E-state index < -0.39 is 11.9 Å². The van der Waals surface area contributed by atoms with E-state index in [2.05, 4.69) is 0 Å². The fourth-order valence-corrected chi connectivity index (χ4v) is 1.70. The lowest BCUT2D eigenvalue weighted by Gasteiger charge is -2.15. The lowest BCUT2D eigenvalue weighted by Crippen LogP contribution is -2.23. The molecule has 66 valence electrons. The number of nitrogens with zero attached hydrogens (tertiary/aromatic N) is 1. The summed E-state index contributed by atoms with van der Waals surface area (Å²) in [4.78, 5) is 10.6. The van der Waals surface area contributed by atoms with Crippen LogP contribution in [0.5, 0.6) is 0 Å². The molecule has 1 fully saturated rings. The van der Waals surface area contributed by atoms with Gasteiger partial charge in [0.2, 0.25) is 0 Å². The van der Waals surface area contributed by atoms with Gasteiger partial charge in [-0.2, -0.15) is 5.26 Å². The van der Waals surface area contributed by atoms with Gasteiger partial charge in [0, 0.05) is 0 Å². The molecule has 1 saturated carbocycles. The van der Waals surface area contributed by atoms with Gasteiger partial charge in [0.1, 0.15) is 5.92 Å². The van der Waals surface area contributed by atoms with E-state index in [1.165, 1.54) is 0 Å². The summed E-state index contributed by atoms with van der Waals surface area (Å²) in [7, 11) is 0. The predicted octanol–water partition coefficient (Wildman–Crippen LogP) is 1.65. The minimum atomic E-state index is -0.962. The minimum Gasteiger partial charge on any atom is -0.480 e. The van der Waals surface area contributed by atoms with Crippen LogP contribution in [-0.4, -0.2) is 11.1 Å². The van der Waals surface area contributed by atoms with Crippen LogP contribution in [0.2, 0.25) is 0 Å². The molecule has 12 heavy (non-hydrogen) atoms. The van der Waals surface area contributed by atoms with Crippen molar-refractivity contribution in [3.63, 3.8) is 0 Å². The van der Waals surface area contributed by atoms with Crippen LogP contribution in [0.3, 0.4) is 0 Å². The number of carboxylic acids is 1. The first-order valence-electron chi connectivity index (χ1n) is 4.33. The van der Waals surface area contributed by atoms with E-state index in [4.69, 9.17) is 10.4 Å². The van der Waals surface area contributed by atoms with Crippen molar-refractivity contribution >= 4 is 5.97 Å². The quantitative estimate of drug-likeness (QED) is 0.692. The Bertz CT molecular complexity index is 215. The highest BCUT2D eigenvalue weighted by Gasteiger charge is 2.38. The molecular weight excluding hydrogens is 154 g/mol. The maximum atomic E-state index is 10.6. The van der Waals surface area contributed by atoms with Gasteiger partial charge in [-0.15, -0.1) is 0 Å². The Kier molecular flexibility index (Phi) is 2.69. The van der Waals surface area contributed by atoms with Crippen LogP contribution in [0.1, 0.15) is 26.2 Å². The third-order valence-electron chi connectivity index (χ3n) is 2.53. The molecule has 0 aromatic carbocycles. The molecule has 0 saturated heterocycles. The number of hydrogen-bond acceptors (Lipinski definition) is 2. The Morgan fingerprint density at radius 2 is 2.33 bits per heavy atom. The molecule has 2 atom stereocenters. The molecule has 0 spiro atoms. The summed E-state index contributed by atoms with van der Waals surface area (Å²) in [6.07, 6.45) is 3.00. The van der Waals surface area contributed by atoms with Crippen molar-refractivity contribution in [1.82, 2.24) is 0 Å². The molecule has 3 nitrogen and oxygen atoms in total. The molecule has 1 N–H and O–H groups in total. The molecule has 0 bridgehead atoms. The van der Waals surface area contributed by atoms with Crippen molar-refractivity contribution in [1.29, 1.82) is 5.26 Å². The second-order valence-electron chi connectivity index (χ2n) is 3.35. The topological polar surface area (TPSA) is 61.1 Å². The van der Waals surface area contributed by atoms with E-state index in [1.54, 1.807) is 0 Å². The smallest absolute Gasteiger partial charge is 0.321 e. The highest BCUT2D eigenvalue weighted by atomic mass is 16.4. The van der Waals surface area contributed by atoms with Gasteiger partial charge in [-0.05, 0) is 24.7 Å². The molecule has 0 heterocycles.